The molecule has 0 saturated carbocycles. The largest absolute Gasteiger partial charge is 0.395 e. The average molecular weight is 227 g/mol. The van der Waals surface area contributed by atoms with Gasteiger partial charge in [-0.2, -0.15) is 0 Å². The van der Waals surface area contributed by atoms with Gasteiger partial charge in [0.15, 0.2) is 0 Å². The van der Waals surface area contributed by atoms with Crippen molar-refractivity contribution in [1.29, 1.82) is 0 Å². The quantitative estimate of drug-likeness (QED) is 0.823. The molecule has 2 heteroatoms. The first-order valence-electron chi connectivity index (χ1n) is 5.86. The summed E-state index contributed by atoms with van der Waals surface area (Å²) < 4.78 is 0. The average Bonchev–Trinajstić information content (AvgIpc) is 2.38. The Balaban J connectivity index is 2.06. The summed E-state index contributed by atoms with van der Waals surface area (Å²) in [5, 5.41) is 11.9. The van der Waals surface area contributed by atoms with Crippen molar-refractivity contribution in [2.24, 2.45) is 0 Å². The van der Waals surface area contributed by atoms with Gasteiger partial charge in [-0.25, -0.2) is 0 Å². The van der Waals surface area contributed by atoms with Crippen molar-refractivity contribution in [3.05, 3.63) is 65.7 Å². The van der Waals surface area contributed by atoms with Crippen LogP contribution >= 0.6 is 0 Å². The van der Waals surface area contributed by atoms with Gasteiger partial charge in [0.05, 0.1) is 6.61 Å². The van der Waals surface area contributed by atoms with E-state index in [0.717, 1.165) is 12.1 Å². The Morgan fingerprint density at radius 1 is 0.882 bits per heavy atom. The Labute approximate surface area is 102 Å². The summed E-state index contributed by atoms with van der Waals surface area (Å²) in [6.45, 7) is 0.748. The van der Waals surface area contributed by atoms with Gasteiger partial charge < -0.3 is 10.4 Å². The maximum atomic E-state index is 8.77. The van der Waals surface area contributed by atoms with Crippen molar-refractivity contribution < 1.29 is 5.11 Å². The summed E-state index contributed by atoms with van der Waals surface area (Å²) >= 11 is 0. The number of nitrogens with one attached hydrogen (secondary N) is 1. The van der Waals surface area contributed by atoms with E-state index >= 15 is 0 Å². The van der Waals surface area contributed by atoms with Gasteiger partial charge in [0.1, 0.15) is 0 Å². The molecule has 2 nitrogen and oxygen atoms in total. The lowest BCUT2D eigenvalue weighted by molar-refractivity contribution is 0.311. The Hall–Kier alpha value is -1.80. The van der Waals surface area contributed by atoms with Crippen molar-refractivity contribution in [2.45, 2.75) is 6.42 Å². The minimum absolute atomic E-state index is 0.156. The van der Waals surface area contributed by atoms with Crippen LogP contribution in [0, 0.1) is 0 Å². The molecule has 0 aliphatic carbocycles. The topological polar surface area (TPSA) is 32.3 Å². The SMILES string of the molecule is OCCNc1cccc(Cc2ccccc2)c1. The Bertz CT molecular complexity index is 453. The fourth-order valence-corrected chi connectivity index (χ4v) is 1.82. The summed E-state index contributed by atoms with van der Waals surface area (Å²) in [4.78, 5) is 0. The van der Waals surface area contributed by atoms with E-state index < -0.39 is 0 Å². The monoisotopic (exact) mass is 227 g/mol. The van der Waals surface area contributed by atoms with Crippen LogP contribution in [-0.2, 0) is 6.42 Å². The second kappa shape index (κ2) is 6.06. The molecule has 0 aliphatic heterocycles. The molecular weight excluding hydrogens is 210 g/mol. The van der Waals surface area contributed by atoms with E-state index in [1.165, 1.54) is 11.1 Å². The van der Waals surface area contributed by atoms with Crippen LogP contribution in [0.25, 0.3) is 0 Å². The van der Waals surface area contributed by atoms with Crippen LogP contribution in [0.4, 0.5) is 5.69 Å². The lowest BCUT2D eigenvalue weighted by Crippen LogP contribution is -2.05. The second-order valence-electron chi connectivity index (χ2n) is 4.01. The summed E-state index contributed by atoms with van der Waals surface area (Å²) in [5.74, 6) is 0. The molecule has 88 valence electrons. The number of aliphatic hydroxyl groups excluding tert-OH is 1. The van der Waals surface area contributed by atoms with Gasteiger partial charge >= 0.3 is 0 Å². The first kappa shape index (κ1) is 11.7. The predicted octanol–water partition coefficient (Wildman–Crippen LogP) is 2.68. The predicted molar refractivity (Wildman–Crippen MR) is 71.3 cm³/mol. The molecule has 0 atom stereocenters. The Morgan fingerprint density at radius 2 is 1.65 bits per heavy atom. The number of anilines is 1. The minimum Gasteiger partial charge on any atom is -0.395 e. The normalized spacial score (nSPS) is 10.2. The summed E-state index contributed by atoms with van der Waals surface area (Å²) in [6, 6.07) is 18.7. The lowest BCUT2D eigenvalue weighted by atomic mass is 10.0. The zero-order chi connectivity index (χ0) is 11.9. The molecular formula is C15H17NO. The van der Waals surface area contributed by atoms with Crippen molar-refractivity contribution in [1.82, 2.24) is 0 Å². The van der Waals surface area contributed by atoms with Crippen LogP contribution in [-0.4, -0.2) is 18.3 Å². The zero-order valence-electron chi connectivity index (χ0n) is 9.76. The number of aliphatic hydroxyl groups is 1. The maximum Gasteiger partial charge on any atom is 0.0604 e. The van der Waals surface area contributed by atoms with E-state index in [1.807, 2.05) is 18.2 Å². The van der Waals surface area contributed by atoms with Crippen LogP contribution in [0.5, 0.6) is 0 Å². The molecule has 0 bridgehead atoms. The van der Waals surface area contributed by atoms with Crippen LogP contribution in [0.3, 0.4) is 0 Å². The highest BCUT2D eigenvalue weighted by molar-refractivity contribution is 5.46. The smallest absolute Gasteiger partial charge is 0.0604 e. The number of benzene rings is 2. The third-order valence-corrected chi connectivity index (χ3v) is 2.62. The number of hydrogen-bond acceptors (Lipinski definition) is 2. The van der Waals surface area contributed by atoms with Gasteiger partial charge in [-0.15, -0.1) is 0 Å². The molecule has 0 unspecified atom stereocenters. The molecule has 0 spiro atoms. The van der Waals surface area contributed by atoms with Crippen LogP contribution in [0.1, 0.15) is 11.1 Å². The fourth-order valence-electron chi connectivity index (χ4n) is 1.82. The molecule has 17 heavy (non-hydrogen) atoms. The van der Waals surface area contributed by atoms with Gasteiger partial charge in [0.25, 0.3) is 0 Å². The van der Waals surface area contributed by atoms with Crippen molar-refractivity contribution in [3.8, 4) is 0 Å². The molecule has 2 aromatic rings. The lowest BCUT2D eigenvalue weighted by Gasteiger charge is -2.07. The second-order valence-corrected chi connectivity index (χ2v) is 4.01. The highest BCUT2D eigenvalue weighted by Crippen LogP contribution is 2.14. The van der Waals surface area contributed by atoms with E-state index in [1.54, 1.807) is 0 Å². The summed E-state index contributed by atoms with van der Waals surface area (Å²) in [6.07, 6.45) is 0.940. The fraction of sp³-hybridized carbons (Fsp3) is 0.200. The summed E-state index contributed by atoms with van der Waals surface area (Å²) in [7, 11) is 0. The van der Waals surface area contributed by atoms with Gasteiger partial charge in [0, 0.05) is 12.2 Å². The molecule has 2 aromatic carbocycles. The van der Waals surface area contributed by atoms with Gasteiger partial charge in [-0.05, 0) is 29.7 Å². The highest BCUT2D eigenvalue weighted by Gasteiger charge is 1.97. The van der Waals surface area contributed by atoms with E-state index in [4.69, 9.17) is 5.11 Å². The van der Waals surface area contributed by atoms with Gasteiger partial charge in [0.2, 0.25) is 0 Å². The molecule has 2 N–H and O–H groups in total. The van der Waals surface area contributed by atoms with Gasteiger partial charge in [-0.1, -0.05) is 42.5 Å². The van der Waals surface area contributed by atoms with Crippen molar-refractivity contribution >= 4 is 5.69 Å². The van der Waals surface area contributed by atoms with Crippen LogP contribution < -0.4 is 5.32 Å². The minimum atomic E-state index is 0.156. The molecule has 0 aliphatic rings. The number of hydrogen-bond donors (Lipinski definition) is 2. The van der Waals surface area contributed by atoms with E-state index in [0.29, 0.717) is 6.54 Å². The third-order valence-electron chi connectivity index (χ3n) is 2.62. The molecule has 0 radical (unpaired) electrons. The highest BCUT2D eigenvalue weighted by atomic mass is 16.3. The van der Waals surface area contributed by atoms with Gasteiger partial charge in [-0.3, -0.25) is 0 Å². The first-order valence-corrected chi connectivity index (χ1v) is 5.86. The molecule has 0 saturated heterocycles. The van der Waals surface area contributed by atoms with E-state index in [-0.39, 0.29) is 6.61 Å². The summed E-state index contributed by atoms with van der Waals surface area (Å²) in [5.41, 5.74) is 3.65. The van der Waals surface area contributed by atoms with E-state index in [9.17, 15) is 0 Å². The Morgan fingerprint density at radius 3 is 2.41 bits per heavy atom. The molecule has 0 amide bonds. The first-order chi connectivity index (χ1) is 8.38. The molecule has 2 rings (SSSR count). The third kappa shape index (κ3) is 3.61. The molecule has 0 aromatic heterocycles. The zero-order valence-corrected chi connectivity index (χ0v) is 9.76. The van der Waals surface area contributed by atoms with Crippen LogP contribution in [0.15, 0.2) is 54.6 Å². The standard InChI is InChI=1S/C15H17NO/c17-10-9-16-15-8-4-7-14(12-15)11-13-5-2-1-3-6-13/h1-8,12,16-17H,9-11H2. The number of rotatable bonds is 5. The van der Waals surface area contributed by atoms with Crippen LogP contribution in [0.2, 0.25) is 0 Å². The van der Waals surface area contributed by atoms with E-state index in [2.05, 4.69) is 41.7 Å². The van der Waals surface area contributed by atoms with Crippen molar-refractivity contribution in [3.63, 3.8) is 0 Å². The molecule has 0 heterocycles. The molecule has 0 fully saturated rings. The van der Waals surface area contributed by atoms with Crippen molar-refractivity contribution in [2.75, 3.05) is 18.5 Å². The Kier molecular flexibility index (Phi) is 4.17. The maximum absolute atomic E-state index is 8.77.